The van der Waals surface area contributed by atoms with Crippen LogP contribution in [0.15, 0.2) is 35.5 Å². The molecule has 0 aromatic rings. The molecule has 2 heterocycles. The highest BCUT2D eigenvalue weighted by Gasteiger charge is 2.74. The number of rotatable bonds is 3. The number of aliphatic hydroxyl groups excluding tert-OH is 1. The summed E-state index contributed by atoms with van der Waals surface area (Å²) in [4.78, 5) is 37.2. The molecule has 8 heteroatoms. The van der Waals surface area contributed by atoms with Crippen molar-refractivity contribution >= 4 is 17.9 Å². The Labute approximate surface area is 175 Å². The molecule has 2 aliphatic heterocycles. The second-order valence-electron chi connectivity index (χ2n) is 8.35. The standard InChI is InChI=1S/C22H28O8/c1-7-11(2)17(24)28-16-15(27-14(5)23)12(3)9-8-10-21(6)19-22(16,30-20(21)26)13(4)18(25)29-19/h7,9,15-16,19-20,26H,4,8,10H2,1-3,5-6H3/b11-7-,12-9-/t15-,16-,19-,20+,21+,22+/m1/s1. The van der Waals surface area contributed by atoms with Gasteiger partial charge in [-0.2, -0.15) is 0 Å². The SMILES string of the molecule is C=C1C(=O)O[C@@H]2[C@]3(C)CC/C=C(/C)[C@@H](OC(C)=O)[C@@H](OC(=O)/C(C)=C\C)[C@@]12O[C@@H]3O. The van der Waals surface area contributed by atoms with E-state index in [1.165, 1.54) is 6.92 Å². The van der Waals surface area contributed by atoms with Crippen molar-refractivity contribution in [3.05, 3.63) is 35.5 Å². The van der Waals surface area contributed by atoms with Crippen LogP contribution in [0.1, 0.15) is 47.5 Å². The minimum atomic E-state index is -1.70. The van der Waals surface area contributed by atoms with Crippen LogP contribution in [0.2, 0.25) is 0 Å². The summed E-state index contributed by atoms with van der Waals surface area (Å²) in [5.41, 5.74) is -1.80. The Balaban J connectivity index is 2.24. The summed E-state index contributed by atoms with van der Waals surface area (Å²) >= 11 is 0. The molecule has 2 saturated heterocycles. The quantitative estimate of drug-likeness (QED) is 0.320. The van der Waals surface area contributed by atoms with E-state index >= 15 is 0 Å². The van der Waals surface area contributed by atoms with E-state index in [4.69, 9.17) is 18.9 Å². The third-order valence-corrected chi connectivity index (χ3v) is 6.38. The lowest BCUT2D eigenvalue weighted by Gasteiger charge is -2.39. The summed E-state index contributed by atoms with van der Waals surface area (Å²) in [5.74, 6) is -1.97. The van der Waals surface area contributed by atoms with Crippen molar-refractivity contribution in [2.45, 2.75) is 77.7 Å². The maximum atomic E-state index is 12.8. The molecule has 0 aromatic heterocycles. The molecular weight excluding hydrogens is 392 g/mol. The number of carbonyl (C=O) groups is 3. The van der Waals surface area contributed by atoms with Crippen molar-refractivity contribution in [1.29, 1.82) is 0 Å². The molecule has 3 aliphatic rings. The Morgan fingerprint density at radius 3 is 2.60 bits per heavy atom. The smallest absolute Gasteiger partial charge is 0.337 e. The molecule has 2 fully saturated rings. The van der Waals surface area contributed by atoms with E-state index in [1.54, 1.807) is 33.8 Å². The third kappa shape index (κ3) is 3.18. The van der Waals surface area contributed by atoms with Crippen LogP contribution in [0.25, 0.3) is 0 Å². The summed E-state index contributed by atoms with van der Waals surface area (Å²) in [6.45, 7) is 11.8. The van der Waals surface area contributed by atoms with Crippen molar-refractivity contribution < 1.29 is 38.4 Å². The molecule has 6 atom stereocenters. The van der Waals surface area contributed by atoms with Gasteiger partial charge in [0.2, 0.25) is 0 Å². The van der Waals surface area contributed by atoms with Crippen LogP contribution in [0, 0.1) is 5.41 Å². The normalized spacial score (nSPS) is 40.3. The maximum Gasteiger partial charge on any atom is 0.337 e. The minimum absolute atomic E-state index is 0.0851. The van der Waals surface area contributed by atoms with E-state index in [9.17, 15) is 19.5 Å². The van der Waals surface area contributed by atoms with Gasteiger partial charge in [-0.05, 0) is 39.2 Å². The van der Waals surface area contributed by atoms with Crippen LogP contribution in [-0.2, 0) is 33.3 Å². The number of hydrogen-bond donors (Lipinski definition) is 1. The number of carbonyl (C=O) groups excluding carboxylic acids is 3. The largest absolute Gasteiger partial charge is 0.455 e. The van der Waals surface area contributed by atoms with E-state index in [0.29, 0.717) is 24.0 Å². The van der Waals surface area contributed by atoms with Gasteiger partial charge in [-0.1, -0.05) is 25.7 Å². The van der Waals surface area contributed by atoms with Crippen molar-refractivity contribution in [2.75, 3.05) is 0 Å². The zero-order valence-corrected chi connectivity index (χ0v) is 17.9. The first-order chi connectivity index (χ1) is 14.0. The van der Waals surface area contributed by atoms with Gasteiger partial charge in [-0.3, -0.25) is 4.79 Å². The lowest BCUT2D eigenvalue weighted by atomic mass is 9.72. The molecular formula is C22H28O8. The molecule has 1 N–H and O–H groups in total. The van der Waals surface area contributed by atoms with Gasteiger partial charge in [-0.25, -0.2) is 9.59 Å². The van der Waals surface area contributed by atoms with Crippen LogP contribution < -0.4 is 0 Å². The summed E-state index contributed by atoms with van der Waals surface area (Å²) in [6, 6.07) is 0. The van der Waals surface area contributed by atoms with Crippen LogP contribution in [-0.4, -0.2) is 53.2 Å². The Bertz CT molecular complexity index is 855. The number of esters is 3. The molecule has 0 spiro atoms. The molecule has 0 saturated carbocycles. The van der Waals surface area contributed by atoms with Gasteiger partial charge >= 0.3 is 17.9 Å². The van der Waals surface area contributed by atoms with Gasteiger partial charge < -0.3 is 24.1 Å². The van der Waals surface area contributed by atoms with E-state index in [0.717, 1.165) is 0 Å². The van der Waals surface area contributed by atoms with E-state index in [-0.39, 0.29) is 5.57 Å². The topological polar surface area (TPSA) is 108 Å². The van der Waals surface area contributed by atoms with Gasteiger partial charge in [-0.15, -0.1) is 0 Å². The van der Waals surface area contributed by atoms with Gasteiger partial charge in [0.15, 0.2) is 24.1 Å². The first kappa shape index (κ1) is 22.2. The van der Waals surface area contributed by atoms with Crippen LogP contribution in [0.3, 0.4) is 0 Å². The van der Waals surface area contributed by atoms with Crippen molar-refractivity contribution in [3.8, 4) is 0 Å². The summed E-state index contributed by atoms with van der Waals surface area (Å²) in [6.07, 6.45) is -0.244. The second kappa shape index (κ2) is 7.67. The molecule has 3 rings (SSSR count). The molecule has 0 aromatic carbocycles. The number of allylic oxidation sites excluding steroid dienone is 2. The molecule has 30 heavy (non-hydrogen) atoms. The zero-order valence-electron chi connectivity index (χ0n) is 17.9. The first-order valence-corrected chi connectivity index (χ1v) is 9.93. The van der Waals surface area contributed by atoms with Crippen LogP contribution in [0.5, 0.6) is 0 Å². The fourth-order valence-corrected chi connectivity index (χ4v) is 4.43. The maximum absolute atomic E-state index is 12.8. The first-order valence-electron chi connectivity index (χ1n) is 9.93. The molecule has 0 amide bonds. The summed E-state index contributed by atoms with van der Waals surface area (Å²) in [7, 11) is 0. The highest BCUT2D eigenvalue weighted by molar-refractivity contribution is 5.94. The van der Waals surface area contributed by atoms with Gasteiger partial charge in [0.25, 0.3) is 0 Å². The predicted octanol–water partition coefficient (Wildman–Crippen LogP) is 2.11. The molecule has 8 nitrogen and oxygen atoms in total. The Morgan fingerprint density at radius 2 is 2.00 bits per heavy atom. The minimum Gasteiger partial charge on any atom is -0.455 e. The van der Waals surface area contributed by atoms with Crippen molar-refractivity contribution in [2.24, 2.45) is 5.41 Å². The van der Waals surface area contributed by atoms with E-state index in [2.05, 4.69) is 6.58 Å². The van der Waals surface area contributed by atoms with Gasteiger partial charge in [0.1, 0.15) is 6.10 Å². The lowest BCUT2D eigenvalue weighted by molar-refractivity contribution is -0.209. The molecule has 0 unspecified atom stereocenters. The van der Waals surface area contributed by atoms with Gasteiger partial charge in [0, 0.05) is 12.5 Å². The summed E-state index contributed by atoms with van der Waals surface area (Å²) in [5, 5.41) is 10.8. The molecule has 2 bridgehead atoms. The fourth-order valence-electron chi connectivity index (χ4n) is 4.43. The second-order valence-corrected chi connectivity index (χ2v) is 8.35. The van der Waals surface area contributed by atoms with Crippen LogP contribution >= 0.6 is 0 Å². The number of ether oxygens (including phenoxy) is 4. The van der Waals surface area contributed by atoms with Crippen LogP contribution in [0.4, 0.5) is 0 Å². The molecule has 164 valence electrons. The van der Waals surface area contributed by atoms with Gasteiger partial charge in [0.05, 0.1) is 11.0 Å². The third-order valence-electron chi connectivity index (χ3n) is 6.38. The summed E-state index contributed by atoms with van der Waals surface area (Å²) < 4.78 is 23.0. The average Bonchev–Trinajstić information content (AvgIpc) is 3.07. The average molecular weight is 420 g/mol. The lowest BCUT2D eigenvalue weighted by Crippen LogP contribution is -2.58. The monoisotopic (exact) mass is 420 g/mol. The molecule has 0 radical (unpaired) electrons. The highest BCUT2D eigenvalue weighted by atomic mass is 16.7. The predicted molar refractivity (Wildman–Crippen MR) is 105 cm³/mol. The number of aliphatic hydroxyl groups is 1. The Kier molecular flexibility index (Phi) is 5.68. The van der Waals surface area contributed by atoms with E-state index < -0.39 is 53.5 Å². The Morgan fingerprint density at radius 1 is 1.33 bits per heavy atom. The molecule has 1 aliphatic carbocycles. The Hall–Kier alpha value is -2.45. The zero-order chi connectivity index (χ0) is 22.4. The fraction of sp³-hybridized carbons (Fsp3) is 0.591. The highest BCUT2D eigenvalue weighted by Crippen LogP contribution is 2.58. The van der Waals surface area contributed by atoms with Crippen molar-refractivity contribution in [1.82, 2.24) is 0 Å². The number of hydrogen-bond acceptors (Lipinski definition) is 8. The van der Waals surface area contributed by atoms with Crippen molar-refractivity contribution in [3.63, 3.8) is 0 Å². The van der Waals surface area contributed by atoms with E-state index in [1.807, 2.05) is 6.08 Å².